The summed E-state index contributed by atoms with van der Waals surface area (Å²) in [5.74, 6) is 1.53. The van der Waals surface area contributed by atoms with E-state index in [-0.39, 0.29) is 36.8 Å². The molecule has 31 heavy (non-hydrogen) atoms. The Morgan fingerprint density at radius 2 is 1.71 bits per heavy atom. The lowest BCUT2D eigenvalue weighted by Crippen LogP contribution is -2.30. The van der Waals surface area contributed by atoms with Gasteiger partial charge in [-0.1, -0.05) is 31.4 Å². The molecule has 1 amide bonds. The van der Waals surface area contributed by atoms with Gasteiger partial charge in [-0.15, -0.1) is 24.8 Å². The number of nitrogens with zero attached hydrogens (tertiary/aromatic N) is 1. The van der Waals surface area contributed by atoms with Gasteiger partial charge in [0.25, 0.3) is 5.91 Å². The summed E-state index contributed by atoms with van der Waals surface area (Å²) in [6, 6.07) is 14.6. The molecule has 1 aliphatic heterocycles. The van der Waals surface area contributed by atoms with E-state index in [0.29, 0.717) is 16.9 Å². The third-order valence-corrected chi connectivity index (χ3v) is 6.10. The summed E-state index contributed by atoms with van der Waals surface area (Å²) in [7, 11) is 0. The average molecular weight is 466 g/mol. The number of halogens is 2. The van der Waals surface area contributed by atoms with E-state index in [9.17, 15) is 4.79 Å². The van der Waals surface area contributed by atoms with Crippen LogP contribution in [0.2, 0.25) is 0 Å². The van der Waals surface area contributed by atoms with Gasteiger partial charge in [0.2, 0.25) is 0 Å². The molecular weight excluding hydrogens is 433 g/mol. The molecule has 0 spiro atoms. The summed E-state index contributed by atoms with van der Waals surface area (Å²) < 4.78 is 6.17. The summed E-state index contributed by atoms with van der Waals surface area (Å²) in [5, 5.41) is 2.85. The molecule has 2 fully saturated rings. The highest BCUT2D eigenvalue weighted by molar-refractivity contribution is 6.05. The van der Waals surface area contributed by atoms with Crippen LogP contribution in [0, 0.1) is 5.92 Å². The lowest BCUT2D eigenvalue weighted by Gasteiger charge is -2.26. The van der Waals surface area contributed by atoms with Crippen molar-refractivity contribution in [1.82, 2.24) is 4.90 Å². The Hall–Kier alpha value is -1.95. The predicted molar refractivity (Wildman–Crippen MR) is 132 cm³/mol. The molecule has 2 aromatic rings. The third-order valence-electron chi connectivity index (χ3n) is 6.10. The Kier molecular flexibility index (Phi) is 9.94. The van der Waals surface area contributed by atoms with Crippen LogP contribution in [0.15, 0.2) is 48.5 Å². The molecule has 1 saturated heterocycles. The molecule has 0 aromatic heterocycles. The number of nitrogens with one attached hydrogen (secondary N) is 1. The number of rotatable bonds is 6. The number of hydrogen-bond acceptors (Lipinski definition) is 4. The summed E-state index contributed by atoms with van der Waals surface area (Å²) in [5.41, 5.74) is 7.66. The second kappa shape index (κ2) is 12.2. The van der Waals surface area contributed by atoms with Crippen LogP contribution in [-0.2, 0) is 0 Å². The number of ether oxygens (including phenoxy) is 1. The summed E-state index contributed by atoms with van der Waals surface area (Å²) >= 11 is 0. The third kappa shape index (κ3) is 7.03. The van der Waals surface area contributed by atoms with Crippen LogP contribution >= 0.6 is 24.8 Å². The first-order valence-electron chi connectivity index (χ1n) is 10.8. The minimum Gasteiger partial charge on any atom is -0.489 e. The number of carbonyl (C=O) groups is 1. The van der Waals surface area contributed by atoms with Crippen LogP contribution in [0.1, 0.15) is 48.9 Å². The Bertz CT molecular complexity index is 826. The molecule has 1 aliphatic carbocycles. The number of benzene rings is 2. The zero-order chi connectivity index (χ0) is 20.1. The van der Waals surface area contributed by atoms with Gasteiger partial charge in [-0.05, 0) is 61.6 Å². The van der Waals surface area contributed by atoms with Crippen LogP contribution in [0.4, 0.5) is 11.4 Å². The number of nitrogens with two attached hydrogens (primary N) is 1. The molecule has 0 radical (unpaired) electrons. The van der Waals surface area contributed by atoms with Crippen molar-refractivity contribution in [1.29, 1.82) is 0 Å². The monoisotopic (exact) mass is 465 g/mol. The lowest BCUT2D eigenvalue weighted by atomic mass is 9.89. The maximum absolute atomic E-state index is 12.4. The van der Waals surface area contributed by atoms with Gasteiger partial charge in [-0.3, -0.25) is 9.69 Å². The van der Waals surface area contributed by atoms with E-state index in [4.69, 9.17) is 10.5 Å². The van der Waals surface area contributed by atoms with Gasteiger partial charge < -0.3 is 15.8 Å². The van der Waals surface area contributed by atoms with Gasteiger partial charge in [-0.25, -0.2) is 0 Å². The molecule has 2 aliphatic rings. The van der Waals surface area contributed by atoms with Crippen LogP contribution in [0.25, 0.3) is 0 Å². The molecule has 1 unspecified atom stereocenters. The lowest BCUT2D eigenvalue weighted by molar-refractivity contribution is 0.102. The van der Waals surface area contributed by atoms with Crippen LogP contribution in [0.3, 0.4) is 0 Å². The second-order valence-corrected chi connectivity index (χ2v) is 8.36. The van der Waals surface area contributed by atoms with Crippen molar-refractivity contribution < 1.29 is 9.53 Å². The second-order valence-electron chi connectivity index (χ2n) is 8.36. The van der Waals surface area contributed by atoms with E-state index in [1.165, 1.54) is 38.6 Å². The van der Waals surface area contributed by atoms with E-state index in [1.807, 2.05) is 24.3 Å². The van der Waals surface area contributed by atoms with Gasteiger partial charge in [0.05, 0.1) is 11.4 Å². The fourth-order valence-corrected chi connectivity index (χ4v) is 4.48. The van der Waals surface area contributed by atoms with E-state index in [0.717, 1.165) is 31.2 Å². The van der Waals surface area contributed by atoms with Crippen molar-refractivity contribution in [3.05, 3.63) is 54.1 Å². The van der Waals surface area contributed by atoms with Crippen molar-refractivity contribution in [2.75, 3.05) is 30.7 Å². The summed E-state index contributed by atoms with van der Waals surface area (Å²) in [6.45, 7) is 3.35. The first-order valence-corrected chi connectivity index (χ1v) is 10.8. The van der Waals surface area contributed by atoms with Gasteiger partial charge in [0.1, 0.15) is 11.9 Å². The number of nitrogen functional groups attached to an aromatic ring is 1. The minimum atomic E-state index is -0.172. The Balaban J connectivity index is 0.00000171. The summed E-state index contributed by atoms with van der Waals surface area (Å²) in [4.78, 5) is 15.0. The predicted octanol–water partition coefficient (Wildman–Crippen LogP) is 5.40. The smallest absolute Gasteiger partial charge is 0.255 e. The molecule has 1 atom stereocenters. The zero-order valence-electron chi connectivity index (χ0n) is 17.8. The van der Waals surface area contributed by atoms with Crippen LogP contribution < -0.4 is 15.8 Å². The average Bonchev–Trinajstić information content (AvgIpc) is 3.17. The summed E-state index contributed by atoms with van der Waals surface area (Å²) in [6.07, 6.45) is 8.30. The van der Waals surface area contributed by atoms with Crippen molar-refractivity contribution in [3.63, 3.8) is 0 Å². The standard InChI is InChI=1S/C24H31N3O2.2ClH/c25-22-8-4-5-9-23(22)26-24(28)19-10-12-20(13-11-19)29-21-14-15-27(17-21)16-18-6-2-1-3-7-18;;/h4-5,8-13,18,21H,1-3,6-7,14-17,25H2,(H,26,28);2*1H. The van der Waals surface area contributed by atoms with Crippen LogP contribution in [-0.4, -0.2) is 36.5 Å². The minimum absolute atomic E-state index is 0. The van der Waals surface area contributed by atoms with Crippen LogP contribution in [0.5, 0.6) is 5.75 Å². The molecule has 3 N–H and O–H groups in total. The highest BCUT2D eigenvalue weighted by Crippen LogP contribution is 2.27. The Labute approximate surface area is 197 Å². The highest BCUT2D eigenvalue weighted by Gasteiger charge is 2.26. The van der Waals surface area contributed by atoms with Crippen molar-refractivity contribution in [2.45, 2.75) is 44.6 Å². The number of anilines is 2. The maximum Gasteiger partial charge on any atom is 0.255 e. The first kappa shape index (κ1) is 25.3. The van der Waals surface area contributed by atoms with E-state index in [1.54, 1.807) is 24.3 Å². The quantitative estimate of drug-likeness (QED) is 0.560. The topological polar surface area (TPSA) is 67.6 Å². The number of hydrogen-bond donors (Lipinski definition) is 2. The number of likely N-dealkylation sites (tertiary alicyclic amines) is 1. The molecule has 5 nitrogen and oxygen atoms in total. The van der Waals surface area contributed by atoms with Crippen molar-refractivity contribution in [2.24, 2.45) is 5.92 Å². The van der Waals surface area contributed by atoms with E-state index in [2.05, 4.69) is 10.2 Å². The Morgan fingerprint density at radius 1 is 1.00 bits per heavy atom. The van der Waals surface area contributed by atoms with Crippen molar-refractivity contribution in [3.8, 4) is 5.75 Å². The highest BCUT2D eigenvalue weighted by atomic mass is 35.5. The van der Waals surface area contributed by atoms with Gasteiger partial charge in [-0.2, -0.15) is 0 Å². The first-order chi connectivity index (χ1) is 14.2. The van der Waals surface area contributed by atoms with E-state index >= 15 is 0 Å². The van der Waals surface area contributed by atoms with Gasteiger partial charge in [0, 0.05) is 25.2 Å². The molecule has 2 aromatic carbocycles. The molecule has 0 bridgehead atoms. The number of amides is 1. The normalized spacial score (nSPS) is 19.2. The largest absolute Gasteiger partial charge is 0.489 e. The van der Waals surface area contributed by atoms with Gasteiger partial charge >= 0.3 is 0 Å². The van der Waals surface area contributed by atoms with Gasteiger partial charge in [0.15, 0.2) is 0 Å². The molecule has 170 valence electrons. The molecule has 7 heteroatoms. The SMILES string of the molecule is Cl.Cl.Nc1ccccc1NC(=O)c1ccc(OC2CCN(CC3CCCCC3)C2)cc1. The Morgan fingerprint density at radius 3 is 2.42 bits per heavy atom. The molecule has 1 saturated carbocycles. The molecule has 4 rings (SSSR count). The fraction of sp³-hybridized carbons (Fsp3) is 0.458. The number of para-hydroxylation sites is 2. The fourth-order valence-electron chi connectivity index (χ4n) is 4.48. The zero-order valence-corrected chi connectivity index (χ0v) is 19.4. The van der Waals surface area contributed by atoms with Crippen molar-refractivity contribution >= 4 is 42.1 Å². The maximum atomic E-state index is 12.4. The molecular formula is C24H33Cl2N3O2. The van der Waals surface area contributed by atoms with E-state index < -0.39 is 0 Å². The number of carbonyl (C=O) groups excluding carboxylic acids is 1. The molecule has 1 heterocycles.